The van der Waals surface area contributed by atoms with Gasteiger partial charge in [0.15, 0.2) is 0 Å². The van der Waals surface area contributed by atoms with Crippen molar-refractivity contribution in [1.82, 2.24) is 46.6 Å². The van der Waals surface area contributed by atoms with Crippen LogP contribution in [0.15, 0.2) is 97.1 Å². The van der Waals surface area contributed by atoms with E-state index in [2.05, 4.69) is 38.0 Å². The Balaban J connectivity index is 1.16. The highest BCUT2D eigenvalue weighted by Gasteiger charge is 2.47. The molecule has 1 fully saturated rings. The molecule has 430 valence electrons. The second kappa shape index (κ2) is 26.0. The van der Waals surface area contributed by atoms with E-state index in [4.69, 9.17) is 4.74 Å². The molecule has 3 aliphatic rings. The molecule has 2 heterocycles. The Morgan fingerprint density at radius 1 is 0.675 bits per heavy atom. The maximum atomic E-state index is 15.7. The van der Waals surface area contributed by atoms with Crippen molar-refractivity contribution in [2.24, 2.45) is 10.8 Å². The van der Waals surface area contributed by atoms with E-state index < -0.39 is 71.0 Å². The summed E-state index contributed by atoms with van der Waals surface area (Å²) in [7, 11) is 3.35. The largest absolute Gasteiger partial charge is 0.494 e. The molecule has 0 spiro atoms. The molecule has 7 amide bonds. The van der Waals surface area contributed by atoms with Crippen molar-refractivity contribution in [1.29, 1.82) is 0 Å². The normalized spacial score (nSPS) is 19.9. The van der Waals surface area contributed by atoms with E-state index in [-0.39, 0.29) is 68.1 Å². The number of para-hydroxylation sites is 1. The fourth-order valence-electron chi connectivity index (χ4n) is 11.1. The Morgan fingerprint density at radius 2 is 1.24 bits per heavy atom. The molecule has 1 saturated heterocycles. The van der Waals surface area contributed by atoms with Crippen LogP contribution >= 0.6 is 0 Å². The number of amides is 7. The number of nitrogens with one attached hydrogen (secondary N) is 6. The lowest BCUT2D eigenvalue weighted by molar-refractivity contribution is -0.152. The van der Waals surface area contributed by atoms with Crippen LogP contribution in [0.1, 0.15) is 144 Å². The first-order chi connectivity index (χ1) is 37.9. The van der Waals surface area contributed by atoms with Gasteiger partial charge in [0.1, 0.15) is 29.9 Å². The van der Waals surface area contributed by atoms with Crippen LogP contribution in [0.4, 0.5) is 0 Å². The van der Waals surface area contributed by atoms with Crippen LogP contribution in [-0.2, 0) is 54.7 Å². The quantitative estimate of drug-likeness (QED) is 0.0618. The molecule has 0 bridgehead atoms. The maximum absolute atomic E-state index is 15.7. The van der Waals surface area contributed by atoms with E-state index in [1.165, 1.54) is 10.5 Å². The molecule has 1 aliphatic carbocycles. The van der Waals surface area contributed by atoms with E-state index in [0.717, 1.165) is 41.5 Å². The first kappa shape index (κ1) is 60.5. The van der Waals surface area contributed by atoms with Crippen LogP contribution in [-0.4, -0.2) is 126 Å². The smallest absolute Gasteiger partial charge is 0.251 e. The molecule has 4 aromatic carbocycles. The molecule has 17 nitrogen and oxygen atoms in total. The third kappa shape index (κ3) is 14.1. The van der Waals surface area contributed by atoms with Crippen molar-refractivity contribution in [2.75, 3.05) is 27.2 Å². The molecular formula is C63H85N9O8. The zero-order valence-corrected chi connectivity index (χ0v) is 48.9. The van der Waals surface area contributed by atoms with Gasteiger partial charge in [-0.1, -0.05) is 120 Å². The summed E-state index contributed by atoms with van der Waals surface area (Å²) in [5, 5.41) is 18.2. The molecule has 0 radical (unpaired) electrons. The van der Waals surface area contributed by atoms with E-state index in [1.807, 2.05) is 122 Å². The number of hydrogen-bond acceptors (Lipinski definition) is 10. The molecule has 2 aliphatic heterocycles. The highest BCUT2D eigenvalue weighted by atomic mass is 16.5. The molecule has 6 N–H and O–H groups in total. The van der Waals surface area contributed by atoms with Crippen LogP contribution < -0.4 is 36.6 Å². The van der Waals surface area contributed by atoms with Crippen molar-refractivity contribution in [3.63, 3.8) is 0 Å². The molecule has 0 aromatic heterocycles. The van der Waals surface area contributed by atoms with Gasteiger partial charge in [-0.2, -0.15) is 0 Å². The number of fused-ring (bicyclic) bond motifs is 2. The molecule has 17 heteroatoms. The summed E-state index contributed by atoms with van der Waals surface area (Å²) in [6.45, 7) is 19.3. The summed E-state index contributed by atoms with van der Waals surface area (Å²) in [5.74, 6) is -1.88. The molecule has 7 rings (SSSR count). The Labute approximate surface area is 473 Å². The molecule has 80 heavy (non-hydrogen) atoms. The van der Waals surface area contributed by atoms with Gasteiger partial charge in [-0.3, -0.25) is 33.6 Å². The Morgan fingerprint density at radius 3 is 1.84 bits per heavy atom. The van der Waals surface area contributed by atoms with E-state index in [0.29, 0.717) is 23.5 Å². The summed E-state index contributed by atoms with van der Waals surface area (Å²) in [6, 6.07) is 24.1. The minimum absolute atomic E-state index is 0.0350. The standard InChI is InChI=1S/C63H85N9O8/c1-13-80-52-28-19-18-25-47(52)40(4)70(59(77)51-33-44-22-14-15-23-45(44)36-71(51)60(78)53(62(5,6)7)68-55(73)38(2)64-11)35-41-29-31-43(32-30-41)57(75)66-46-34-50(58(76)67-49-27-20-24-42-21-16-17-26-48(42)49)72(37-46)61(79)54(63(8,9)10)69-56(74)39(3)65-12/h14-19,21-23,25-26,28-32,38-40,46,49-51,53-54,64-65H,13,20,24,27,33-37H2,1-12H3,(H,66,75)(H,67,76)(H,68,73)(H,69,74)/t38-,39-,40+,46-,49+,50-,51-,53+,54+/m0/s1. The zero-order chi connectivity index (χ0) is 58.2. The lowest BCUT2D eigenvalue weighted by Gasteiger charge is -2.43. The van der Waals surface area contributed by atoms with Gasteiger partial charge in [0.05, 0.1) is 30.8 Å². The fraction of sp³-hybridized carbons (Fsp3) is 0.508. The van der Waals surface area contributed by atoms with Crippen molar-refractivity contribution in [2.45, 2.75) is 169 Å². The predicted molar refractivity (Wildman–Crippen MR) is 309 cm³/mol. The zero-order valence-electron chi connectivity index (χ0n) is 48.9. The van der Waals surface area contributed by atoms with Gasteiger partial charge in [-0.15, -0.1) is 0 Å². The van der Waals surface area contributed by atoms with Crippen molar-refractivity contribution < 1.29 is 38.3 Å². The summed E-state index contributed by atoms with van der Waals surface area (Å²) in [4.78, 5) is 106. The molecule has 0 unspecified atom stereocenters. The molecule has 9 atom stereocenters. The van der Waals surface area contributed by atoms with Gasteiger partial charge in [0, 0.05) is 43.2 Å². The van der Waals surface area contributed by atoms with Gasteiger partial charge in [-0.25, -0.2) is 0 Å². The van der Waals surface area contributed by atoms with Gasteiger partial charge in [0.25, 0.3) is 5.91 Å². The van der Waals surface area contributed by atoms with Crippen molar-refractivity contribution in [3.05, 3.63) is 136 Å². The SMILES string of the molecule is CCOc1ccccc1[C@@H](C)N(Cc1ccc(C(=O)N[C@H]2C[C@@H](C(=O)N[C@@H]3CCCc4ccccc43)N(C(=O)[C@@H](NC(=O)[C@H](C)NC)C(C)(C)C)C2)cc1)C(=O)[C@@H]1Cc2ccccc2CN1C(=O)[C@@H](NC(=O)[C@H](C)NC)C(C)(C)C. The maximum Gasteiger partial charge on any atom is 0.251 e. The number of carbonyl (C=O) groups excluding carboxylic acids is 7. The number of rotatable bonds is 19. The number of likely N-dealkylation sites (N-methyl/N-ethyl adjacent to an activating group) is 2. The number of benzene rings is 4. The molecule has 0 saturated carbocycles. The van der Waals surface area contributed by atoms with Crippen LogP contribution in [0, 0.1) is 10.8 Å². The summed E-state index contributed by atoms with van der Waals surface area (Å²) >= 11 is 0. The monoisotopic (exact) mass is 1100 g/mol. The van der Waals surface area contributed by atoms with Crippen molar-refractivity contribution >= 4 is 41.4 Å². The topological polar surface area (TPSA) is 211 Å². The van der Waals surface area contributed by atoms with E-state index in [1.54, 1.807) is 62.0 Å². The van der Waals surface area contributed by atoms with Crippen LogP contribution in [0.25, 0.3) is 0 Å². The average molecular weight is 1100 g/mol. The Hall–Kier alpha value is -7.11. The Kier molecular flexibility index (Phi) is 19.7. The number of aryl methyl sites for hydroxylation is 1. The predicted octanol–water partition coefficient (Wildman–Crippen LogP) is 6.30. The second-order valence-electron chi connectivity index (χ2n) is 24.0. The third-order valence-corrected chi connectivity index (χ3v) is 16.2. The summed E-state index contributed by atoms with van der Waals surface area (Å²) < 4.78 is 6.11. The highest BCUT2D eigenvalue weighted by molar-refractivity contribution is 5.97. The van der Waals surface area contributed by atoms with Crippen LogP contribution in [0.2, 0.25) is 0 Å². The second-order valence-corrected chi connectivity index (χ2v) is 24.0. The van der Waals surface area contributed by atoms with Gasteiger partial charge in [0.2, 0.25) is 35.4 Å². The Bertz CT molecular complexity index is 2880. The highest BCUT2D eigenvalue weighted by Crippen LogP contribution is 2.36. The van der Waals surface area contributed by atoms with Gasteiger partial charge in [-0.05, 0) is 124 Å². The summed E-state index contributed by atoms with van der Waals surface area (Å²) in [5.41, 5.74) is 4.48. The first-order valence-corrected chi connectivity index (χ1v) is 28.4. The van der Waals surface area contributed by atoms with E-state index >= 15 is 9.59 Å². The molecular weight excluding hydrogens is 1010 g/mol. The number of nitrogens with zero attached hydrogens (tertiary/aromatic N) is 3. The van der Waals surface area contributed by atoms with Crippen LogP contribution in [0.5, 0.6) is 5.75 Å². The number of likely N-dealkylation sites (tertiary alicyclic amines) is 1. The average Bonchev–Trinajstić information content (AvgIpc) is 3.99. The minimum Gasteiger partial charge on any atom is -0.494 e. The lowest BCUT2D eigenvalue weighted by Crippen LogP contribution is -2.62. The minimum atomic E-state index is -0.974. The first-order valence-electron chi connectivity index (χ1n) is 28.4. The van der Waals surface area contributed by atoms with E-state index in [9.17, 15) is 24.0 Å². The summed E-state index contributed by atoms with van der Waals surface area (Å²) in [6.07, 6.45) is 2.95. The van der Waals surface area contributed by atoms with Gasteiger partial charge >= 0.3 is 0 Å². The number of ether oxygens (including phenoxy) is 1. The third-order valence-electron chi connectivity index (χ3n) is 16.2. The number of carbonyl (C=O) groups is 7. The van der Waals surface area contributed by atoms with Gasteiger partial charge < -0.3 is 51.3 Å². The number of hydrogen-bond donors (Lipinski definition) is 6. The lowest BCUT2D eigenvalue weighted by atomic mass is 9.84. The van der Waals surface area contributed by atoms with Crippen LogP contribution in [0.3, 0.4) is 0 Å². The van der Waals surface area contributed by atoms with Crippen molar-refractivity contribution in [3.8, 4) is 5.75 Å². The fourth-order valence-corrected chi connectivity index (χ4v) is 11.1. The molecule has 4 aromatic rings.